The van der Waals surface area contributed by atoms with E-state index in [1.807, 2.05) is 60.9 Å². The molecule has 2 fully saturated rings. The van der Waals surface area contributed by atoms with Crippen LogP contribution in [0.25, 0.3) is 10.8 Å². The summed E-state index contributed by atoms with van der Waals surface area (Å²) in [6.45, 7) is 8.49. The predicted molar refractivity (Wildman–Crippen MR) is 158 cm³/mol. The quantitative estimate of drug-likeness (QED) is 0.444. The third-order valence-corrected chi connectivity index (χ3v) is 9.76. The first-order chi connectivity index (χ1) is 19.2. The zero-order valence-corrected chi connectivity index (χ0v) is 24.2. The third-order valence-electron chi connectivity index (χ3n) is 8.24. The van der Waals surface area contributed by atoms with E-state index in [4.69, 9.17) is 0 Å². The van der Waals surface area contributed by atoms with E-state index in [1.54, 1.807) is 30.3 Å². The van der Waals surface area contributed by atoms with Gasteiger partial charge in [-0.25, -0.2) is 17.9 Å². The van der Waals surface area contributed by atoms with Gasteiger partial charge in [-0.15, -0.1) is 0 Å². The number of piperidine rings is 2. The molecule has 3 amide bonds. The van der Waals surface area contributed by atoms with Crippen molar-refractivity contribution in [2.24, 2.45) is 11.8 Å². The molecule has 0 spiro atoms. The topological polar surface area (TPSA) is 98.8 Å². The van der Waals surface area contributed by atoms with Crippen molar-refractivity contribution in [3.63, 3.8) is 0 Å². The average molecular weight is 563 g/mol. The maximum Gasteiger partial charge on any atom is 0.320 e. The van der Waals surface area contributed by atoms with E-state index in [1.165, 1.54) is 0 Å². The summed E-state index contributed by atoms with van der Waals surface area (Å²) in [6.07, 6.45) is 3.24. The summed E-state index contributed by atoms with van der Waals surface area (Å²) in [5.41, 5.74) is 1.98. The molecular weight excluding hydrogens is 524 g/mol. The van der Waals surface area contributed by atoms with Crippen LogP contribution in [0.15, 0.2) is 65.6 Å². The lowest BCUT2D eigenvalue weighted by molar-refractivity contribution is 0.0941. The summed E-state index contributed by atoms with van der Waals surface area (Å²) >= 11 is 0. The van der Waals surface area contributed by atoms with Gasteiger partial charge in [-0.2, -0.15) is 0 Å². The molecule has 0 aromatic heterocycles. The number of aryl methyl sites for hydroxylation is 1. The number of anilines is 1. The van der Waals surface area contributed by atoms with E-state index in [2.05, 4.69) is 10.0 Å². The molecule has 9 heteroatoms. The molecule has 2 N–H and O–H groups in total. The molecule has 8 nitrogen and oxygen atoms in total. The molecule has 3 aromatic carbocycles. The highest BCUT2D eigenvalue weighted by atomic mass is 32.2. The minimum atomic E-state index is -3.89. The Balaban J connectivity index is 1.35. The van der Waals surface area contributed by atoms with Gasteiger partial charge in [-0.05, 0) is 61.8 Å². The van der Waals surface area contributed by atoms with Gasteiger partial charge in [0.25, 0.3) is 5.91 Å². The zero-order chi connectivity index (χ0) is 28.4. The lowest BCUT2D eigenvalue weighted by atomic mass is 9.86. The molecule has 2 aliphatic heterocycles. The number of carbonyl (C=O) groups is 2. The van der Waals surface area contributed by atoms with Crippen LogP contribution < -0.4 is 10.0 Å². The Hall–Kier alpha value is -3.43. The van der Waals surface area contributed by atoms with Crippen molar-refractivity contribution in [3.8, 4) is 0 Å². The number of benzene rings is 3. The van der Waals surface area contributed by atoms with Crippen LogP contribution in [0.1, 0.15) is 49.0 Å². The number of urea groups is 1. The van der Waals surface area contributed by atoms with E-state index < -0.39 is 10.0 Å². The third kappa shape index (κ3) is 5.71. The molecule has 0 unspecified atom stereocenters. The number of rotatable bonds is 5. The molecule has 40 heavy (non-hydrogen) atoms. The largest absolute Gasteiger partial charge is 0.325 e. The number of hydrogen-bond acceptors (Lipinski definition) is 4. The van der Waals surface area contributed by atoms with Crippen LogP contribution in [0.3, 0.4) is 0 Å². The van der Waals surface area contributed by atoms with Gasteiger partial charge in [0.05, 0.1) is 4.90 Å². The smallest absolute Gasteiger partial charge is 0.320 e. The molecule has 3 aromatic rings. The number of amides is 3. The number of nitrogens with one attached hydrogen (secondary N) is 2. The van der Waals surface area contributed by atoms with Gasteiger partial charge in [0.1, 0.15) is 0 Å². The molecule has 0 radical (unpaired) electrons. The number of likely N-dealkylation sites (tertiary alicyclic amines) is 2. The Labute approximate surface area is 236 Å². The summed E-state index contributed by atoms with van der Waals surface area (Å²) < 4.78 is 30.5. The first-order valence-electron chi connectivity index (χ1n) is 14.1. The predicted octanol–water partition coefficient (Wildman–Crippen LogP) is 5.24. The Morgan fingerprint density at radius 1 is 0.800 bits per heavy atom. The lowest BCUT2D eigenvalue weighted by Crippen LogP contribution is -2.58. The molecule has 0 bridgehead atoms. The van der Waals surface area contributed by atoms with Crippen molar-refractivity contribution in [1.29, 1.82) is 0 Å². The first-order valence-corrected chi connectivity index (χ1v) is 15.6. The lowest BCUT2D eigenvalue weighted by Gasteiger charge is -2.43. The van der Waals surface area contributed by atoms with E-state index in [0.29, 0.717) is 35.1 Å². The fraction of sp³-hybridized carbons (Fsp3) is 0.419. The SMILES string of the molecule is Cc1ccccc1C(=O)Nc1ccc(S(=O)(=O)N[C@@H]2[C@H](C)CN(C(=O)N3CCCCC3)C[C@@H]2C)c2ccccc12. The highest BCUT2D eigenvalue weighted by Crippen LogP contribution is 2.32. The van der Waals surface area contributed by atoms with Crippen molar-refractivity contribution in [1.82, 2.24) is 14.5 Å². The van der Waals surface area contributed by atoms with Crippen molar-refractivity contribution in [3.05, 3.63) is 71.8 Å². The van der Waals surface area contributed by atoms with E-state index >= 15 is 0 Å². The van der Waals surface area contributed by atoms with Crippen LogP contribution in [0, 0.1) is 18.8 Å². The van der Waals surface area contributed by atoms with Crippen LogP contribution in [-0.2, 0) is 10.0 Å². The van der Waals surface area contributed by atoms with Gasteiger partial charge in [-0.1, -0.05) is 56.3 Å². The van der Waals surface area contributed by atoms with E-state index in [9.17, 15) is 18.0 Å². The molecule has 0 aliphatic carbocycles. The highest BCUT2D eigenvalue weighted by molar-refractivity contribution is 7.89. The summed E-state index contributed by atoms with van der Waals surface area (Å²) in [5, 5.41) is 4.15. The van der Waals surface area contributed by atoms with Gasteiger partial charge in [0, 0.05) is 54.2 Å². The van der Waals surface area contributed by atoms with Gasteiger partial charge in [0.2, 0.25) is 10.0 Å². The van der Waals surface area contributed by atoms with Gasteiger partial charge in [0.15, 0.2) is 0 Å². The van der Waals surface area contributed by atoms with Gasteiger partial charge in [-0.3, -0.25) is 4.79 Å². The molecule has 2 saturated heterocycles. The number of fused-ring (bicyclic) bond motifs is 1. The van der Waals surface area contributed by atoms with Gasteiger partial charge < -0.3 is 15.1 Å². The molecular formula is C31H38N4O4S. The molecule has 3 atom stereocenters. The standard InChI is InChI=1S/C31H38N4O4S/c1-21-11-5-6-12-24(21)30(36)32-27-15-16-28(26-14-8-7-13-25(26)27)40(38,39)33-29-22(2)19-35(20-23(29)3)31(37)34-17-9-4-10-18-34/h5-8,11-16,22-23,29,33H,4,9-10,17-20H2,1-3H3,(H,32,36)/t22-,23+,29-. The first kappa shape index (κ1) is 28.1. The average Bonchev–Trinajstić information content (AvgIpc) is 2.95. The van der Waals surface area contributed by atoms with Crippen molar-refractivity contribution in [2.45, 2.75) is 51.0 Å². The zero-order valence-electron chi connectivity index (χ0n) is 23.4. The number of carbonyl (C=O) groups excluding carboxylic acids is 2. The van der Waals surface area contributed by atoms with Crippen molar-refractivity contribution in [2.75, 3.05) is 31.5 Å². The van der Waals surface area contributed by atoms with Crippen LogP contribution in [0.5, 0.6) is 0 Å². The minimum Gasteiger partial charge on any atom is -0.325 e. The molecule has 2 heterocycles. The molecule has 5 rings (SSSR count). The van der Waals surface area contributed by atoms with Crippen LogP contribution in [0.2, 0.25) is 0 Å². The minimum absolute atomic E-state index is 0.0498. The Morgan fingerprint density at radius 2 is 1.43 bits per heavy atom. The Bertz CT molecular complexity index is 1500. The number of hydrogen-bond donors (Lipinski definition) is 2. The number of nitrogens with zero attached hydrogens (tertiary/aromatic N) is 2. The molecule has 0 saturated carbocycles. The second kappa shape index (κ2) is 11.6. The highest BCUT2D eigenvalue weighted by Gasteiger charge is 2.38. The van der Waals surface area contributed by atoms with E-state index in [0.717, 1.165) is 37.9 Å². The van der Waals surface area contributed by atoms with Crippen LogP contribution >= 0.6 is 0 Å². The van der Waals surface area contributed by atoms with Crippen molar-refractivity contribution >= 4 is 38.4 Å². The Morgan fingerprint density at radius 3 is 2.10 bits per heavy atom. The second-order valence-electron chi connectivity index (χ2n) is 11.3. The molecule has 2 aliphatic rings. The summed E-state index contributed by atoms with van der Waals surface area (Å²) in [5.74, 6) is -0.345. The fourth-order valence-electron chi connectivity index (χ4n) is 6.11. The molecule has 212 valence electrons. The summed E-state index contributed by atoms with van der Waals surface area (Å²) in [6, 6.07) is 17.5. The van der Waals surface area contributed by atoms with Gasteiger partial charge >= 0.3 is 6.03 Å². The normalized spacial score (nSPS) is 21.8. The monoisotopic (exact) mass is 562 g/mol. The maximum atomic E-state index is 13.8. The van der Waals surface area contributed by atoms with E-state index in [-0.39, 0.29) is 34.7 Å². The fourth-order valence-corrected chi connectivity index (χ4v) is 7.77. The summed E-state index contributed by atoms with van der Waals surface area (Å²) in [7, 11) is -3.89. The van der Waals surface area contributed by atoms with Crippen LogP contribution in [-0.4, -0.2) is 62.4 Å². The van der Waals surface area contributed by atoms with Crippen molar-refractivity contribution < 1.29 is 18.0 Å². The Kier molecular flexibility index (Phi) is 8.14. The maximum absolute atomic E-state index is 13.8. The summed E-state index contributed by atoms with van der Waals surface area (Å²) in [4.78, 5) is 30.1. The second-order valence-corrected chi connectivity index (χ2v) is 12.9. The number of sulfonamides is 1. The van der Waals surface area contributed by atoms with Crippen LogP contribution in [0.4, 0.5) is 10.5 Å².